The summed E-state index contributed by atoms with van der Waals surface area (Å²) in [6.45, 7) is 4.12. The summed E-state index contributed by atoms with van der Waals surface area (Å²) in [7, 11) is 0. The van der Waals surface area contributed by atoms with Crippen molar-refractivity contribution in [2.24, 2.45) is 5.41 Å². The summed E-state index contributed by atoms with van der Waals surface area (Å²) >= 11 is 13.2. The number of hydrogen-bond donors (Lipinski definition) is 2. The molecule has 1 aliphatic heterocycles. The smallest absolute Gasteiger partial charge is 0.261 e. The normalized spacial score (nSPS) is 18.9. The van der Waals surface area contributed by atoms with Gasteiger partial charge in [-0.3, -0.25) is 9.59 Å². The Kier molecular flexibility index (Phi) is 5.30. The van der Waals surface area contributed by atoms with Crippen LogP contribution in [0.3, 0.4) is 0 Å². The van der Waals surface area contributed by atoms with Crippen LogP contribution in [0, 0.1) is 5.41 Å². The van der Waals surface area contributed by atoms with E-state index in [0.29, 0.717) is 51.1 Å². The van der Waals surface area contributed by atoms with E-state index in [4.69, 9.17) is 23.2 Å². The van der Waals surface area contributed by atoms with Gasteiger partial charge in [-0.25, -0.2) is 4.68 Å². The molecule has 2 aliphatic rings. The van der Waals surface area contributed by atoms with Crippen molar-refractivity contribution >= 4 is 46.4 Å². The van der Waals surface area contributed by atoms with Gasteiger partial charge in [0.2, 0.25) is 0 Å². The number of nitrogens with zero attached hydrogens (tertiary/aromatic N) is 2. The molecule has 0 fully saturated rings. The summed E-state index contributed by atoms with van der Waals surface area (Å²) < 4.78 is 1.64. The van der Waals surface area contributed by atoms with Crippen LogP contribution in [-0.2, 0) is 4.79 Å². The molecule has 0 saturated heterocycles. The molecule has 0 radical (unpaired) electrons. The third-order valence-electron chi connectivity index (χ3n) is 6.05. The number of nitrogens with one attached hydrogen (secondary N) is 2. The van der Waals surface area contributed by atoms with Crippen LogP contribution in [0.2, 0.25) is 10.0 Å². The first-order chi connectivity index (χ1) is 15.7. The lowest BCUT2D eigenvalue weighted by Gasteiger charge is -2.39. The quantitative estimate of drug-likeness (QED) is 0.474. The van der Waals surface area contributed by atoms with E-state index in [2.05, 4.69) is 29.6 Å². The molecular formula is C25H22Cl2N4O2. The highest BCUT2D eigenvalue weighted by molar-refractivity contribution is 6.36. The molecular weight excluding hydrogens is 459 g/mol. The Hall–Kier alpha value is -3.09. The number of aromatic nitrogens is 2. The zero-order valence-electron chi connectivity index (χ0n) is 18.2. The number of carbonyl (C=O) groups is 2. The minimum absolute atomic E-state index is 0.0196. The molecule has 33 heavy (non-hydrogen) atoms. The third-order valence-corrected chi connectivity index (χ3v) is 6.71. The van der Waals surface area contributed by atoms with Gasteiger partial charge in [-0.2, -0.15) is 5.10 Å². The van der Waals surface area contributed by atoms with Gasteiger partial charge in [0.1, 0.15) is 17.4 Å². The van der Waals surface area contributed by atoms with Crippen LogP contribution < -0.4 is 10.6 Å². The summed E-state index contributed by atoms with van der Waals surface area (Å²) in [6.07, 6.45) is 2.56. The molecule has 5 rings (SSSR count). The topological polar surface area (TPSA) is 76.0 Å². The zero-order valence-corrected chi connectivity index (χ0v) is 19.7. The molecule has 2 aromatic carbocycles. The van der Waals surface area contributed by atoms with Gasteiger partial charge in [-0.05, 0) is 36.1 Å². The van der Waals surface area contributed by atoms with Crippen molar-refractivity contribution in [3.05, 3.63) is 87.2 Å². The molecule has 8 heteroatoms. The molecule has 1 aliphatic carbocycles. The van der Waals surface area contributed by atoms with Crippen molar-refractivity contribution in [3.63, 3.8) is 0 Å². The predicted molar refractivity (Wildman–Crippen MR) is 130 cm³/mol. The lowest BCUT2D eigenvalue weighted by molar-refractivity contribution is -0.118. The van der Waals surface area contributed by atoms with Crippen molar-refractivity contribution in [1.82, 2.24) is 9.78 Å². The summed E-state index contributed by atoms with van der Waals surface area (Å²) in [4.78, 5) is 26.5. The van der Waals surface area contributed by atoms with Crippen LogP contribution in [0.1, 0.15) is 48.7 Å². The fourth-order valence-electron chi connectivity index (χ4n) is 4.64. The van der Waals surface area contributed by atoms with Crippen molar-refractivity contribution in [2.75, 3.05) is 10.6 Å². The highest BCUT2D eigenvalue weighted by Gasteiger charge is 2.43. The summed E-state index contributed by atoms with van der Waals surface area (Å²) in [5, 5.41) is 11.6. The van der Waals surface area contributed by atoms with E-state index in [0.717, 1.165) is 5.70 Å². The Bertz CT molecular complexity index is 1290. The first-order valence-electron chi connectivity index (χ1n) is 10.7. The number of rotatable bonds is 3. The Morgan fingerprint density at radius 2 is 1.79 bits per heavy atom. The van der Waals surface area contributed by atoms with E-state index in [1.807, 2.05) is 30.3 Å². The average Bonchev–Trinajstić information content (AvgIpc) is 3.16. The largest absolute Gasteiger partial charge is 0.343 e. The molecule has 1 atom stereocenters. The Labute approximate surface area is 201 Å². The number of carbonyl (C=O) groups excluding carboxylic acids is 2. The molecule has 2 N–H and O–H groups in total. The number of fused-ring (bicyclic) bond motifs is 1. The van der Waals surface area contributed by atoms with Crippen molar-refractivity contribution in [1.29, 1.82) is 0 Å². The van der Waals surface area contributed by atoms with Gasteiger partial charge in [0.25, 0.3) is 5.91 Å². The minimum atomic E-state index is -0.626. The highest BCUT2D eigenvalue weighted by atomic mass is 35.5. The molecule has 168 valence electrons. The molecule has 0 spiro atoms. The van der Waals surface area contributed by atoms with E-state index in [9.17, 15) is 9.59 Å². The highest BCUT2D eigenvalue weighted by Crippen LogP contribution is 2.48. The zero-order chi connectivity index (χ0) is 23.3. The van der Waals surface area contributed by atoms with Gasteiger partial charge >= 0.3 is 0 Å². The molecule has 1 amide bonds. The molecule has 1 aromatic heterocycles. The van der Waals surface area contributed by atoms with Crippen LogP contribution in [0.15, 0.2) is 66.0 Å². The van der Waals surface area contributed by atoms with E-state index in [1.54, 1.807) is 22.9 Å². The number of benzene rings is 2. The van der Waals surface area contributed by atoms with Crippen molar-refractivity contribution in [3.8, 4) is 0 Å². The SMILES string of the molecule is CC1(C)CC(=O)C2=C(C1)Nc1c(C(=O)Nc3ccccc3)cnn1[C@@H]2c1c(Cl)cccc1Cl. The maximum atomic E-state index is 13.3. The fourth-order valence-corrected chi connectivity index (χ4v) is 5.24. The van der Waals surface area contributed by atoms with Crippen LogP contribution in [-0.4, -0.2) is 21.5 Å². The first-order valence-corrected chi connectivity index (χ1v) is 11.4. The van der Waals surface area contributed by atoms with E-state index >= 15 is 0 Å². The summed E-state index contributed by atoms with van der Waals surface area (Å²) in [5.74, 6) is 0.226. The Balaban J connectivity index is 1.65. The Morgan fingerprint density at radius 1 is 1.09 bits per heavy atom. The molecule has 0 unspecified atom stereocenters. The molecule has 2 heterocycles. The van der Waals surface area contributed by atoms with E-state index in [-0.39, 0.29) is 17.1 Å². The average molecular weight is 481 g/mol. The molecule has 6 nitrogen and oxygen atoms in total. The predicted octanol–water partition coefficient (Wildman–Crippen LogP) is 6.10. The minimum Gasteiger partial charge on any atom is -0.343 e. The number of allylic oxidation sites excluding steroid dienone is 2. The van der Waals surface area contributed by atoms with Crippen molar-refractivity contribution in [2.45, 2.75) is 32.7 Å². The summed E-state index contributed by atoms with van der Waals surface area (Å²) in [6, 6.07) is 13.8. The second kappa shape index (κ2) is 8.04. The maximum absolute atomic E-state index is 13.3. The first kappa shape index (κ1) is 21.7. The monoisotopic (exact) mass is 480 g/mol. The van der Waals surface area contributed by atoms with Crippen LogP contribution in [0.25, 0.3) is 0 Å². The standard InChI is InChI=1S/C25H22Cl2N4O2/c1-25(2)11-18-21(19(32)12-25)22(20-16(26)9-6-10-17(20)27)31-23(30-18)15(13-28-31)24(33)29-14-7-4-3-5-8-14/h3-10,13,22,30H,11-12H2,1-2H3,(H,29,33)/t22-/m1/s1. The number of amides is 1. The number of para-hydroxylation sites is 1. The lowest BCUT2D eigenvalue weighted by Crippen LogP contribution is -2.37. The second-order valence-corrected chi connectivity index (χ2v) is 9.98. The van der Waals surface area contributed by atoms with Crippen LogP contribution in [0.4, 0.5) is 11.5 Å². The number of hydrogen-bond acceptors (Lipinski definition) is 4. The maximum Gasteiger partial charge on any atom is 0.261 e. The third kappa shape index (κ3) is 3.83. The van der Waals surface area contributed by atoms with E-state index in [1.165, 1.54) is 6.20 Å². The van der Waals surface area contributed by atoms with Crippen molar-refractivity contribution < 1.29 is 9.59 Å². The van der Waals surface area contributed by atoms with Gasteiger partial charge in [-0.1, -0.05) is 61.3 Å². The van der Waals surface area contributed by atoms with Crippen LogP contribution in [0.5, 0.6) is 0 Å². The second-order valence-electron chi connectivity index (χ2n) is 9.17. The molecule has 3 aromatic rings. The molecule has 0 saturated carbocycles. The number of ketones is 1. The van der Waals surface area contributed by atoms with Gasteiger partial charge < -0.3 is 10.6 Å². The molecule has 0 bridgehead atoms. The van der Waals surface area contributed by atoms with Gasteiger partial charge in [0.05, 0.1) is 6.20 Å². The van der Waals surface area contributed by atoms with E-state index < -0.39 is 6.04 Å². The van der Waals surface area contributed by atoms with Gasteiger partial charge in [0, 0.05) is 39.0 Å². The Morgan fingerprint density at radius 3 is 2.48 bits per heavy atom. The lowest BCUT2D eigenvalue weighted by atomic mass is 9.73. The summed E-state index contributed by atoms with van der Waals surface area (Å²) in [5.41, 5.74) is 2.80. The van der Waals surface area contributed by atoms with Crippen LogP contribution >= 0.6 is 23.2 Å². The number of halogens is 2. The van der Waals surface area contributed by atoms with Gasteiger partial charge in [0.15, 0.2) is 5.78 Å². The fraction of sp³-hybridized carbons (Fsp3) is 0.240. The number of anilines is 2. The van der Waals surface area contributed by atoms with Gasteiger partial charge in [-0.15, -0.1) is 0 Å². The number of Topliss-reactive ketones (excluding diaryl/α,β-unsaturated/α-hetero) is 1.